The first kappa shape index (κ1) is 24.6. The molecule has 0 amide bonds. The Hall–Kier alpha value is -0.0400. The monoisotopic (exact) mass is 122 g/mol. The molecule has 0 aromatic heterocycles. The minimum Gasteiger partial charge on any atom is -0.393 e. The van der Waals surface area contributed by atoms with E-state index in [-0.39, 0.29) is 28.4 Å². The van der Waals surface area contributed by atoms with E-state index >= 15 is 0 Å². The van der Waals surface area contributed by atoms with E-state index in [4.69, 9.17) is 5.11 Å². The molecule has 1 atom stereocenters. The summed E-state index contributed by atoms with van der Waals surface area (Å²) in [6.07, 6.45) is 0.745. The van der Waals surface area contributed by atoms with Gasteiger partial charge in [0.2, 0.25) is 0 Å². The van der Waals surface area contributed by atoms with E-state index in [1.54, 1.807) is 6.92 Å². The van der Waals surface area contributed by atoms with Crippen LogP contribution in [-0.4, -0.2) is 11.2 Å². The molecule has 0 aliphatic heterocycles. The topological polar surface area (TPSA) is 20.2 Å². The van der Waals surface area contributed by atoms with Crippen LogP contribution in [0.25, 0.3) is 0 Å². The maximum Gasteiger partial charge on any atom is 0.0509 e. The van der Waals surface area contributed by atoms with Gasteiger partial charge in [0.1, 0.15) is 0 Å². The van der Waals surface area contributed by atoms with Crippen molar-refractivity contribution in [1.29, 1.82) is 0 Å². The summed E-state index contributed by atoms with van der Waals surface area (Å²) in [5, 5.41) is 8.36. The van der Waals surface area contributed by atoms with Crippen molar-refractivity contribution in [1.82, 2.24) is 0 Å². The molecule has 8 heavy (non-hydrogen) atoms. The zero-order chi connectivity index (χ0) is 4.28. The molecule has 1 N–H and O–H groups in total. The van der Waals surface area contributed by atoms with Gasteiger partial charge in [0.15, 0.2) is 0 Å². The van der Waals surface area contributed by atoms with Crippen molar-refractivity contribution in [2.75, 3.05) is 0 Å². The highest BCUT2D eigenvalue weighted by atomic mass is 16.3. The molecular weight excluding hydrogens is 100 g/mol. The fraction of sp³-hybridized carbons (Fsp3) is 1.00. The van der Waals surface area contributed by atoms with Crippen LogP contribution >= 0.6 is 0 Å². The van der Waals surface area contributed by atoms with Crippen LogP contribution in [0.2, 0.25) is 0 Å². The van der Waals surface area contributed by atoms with Gasteiger partial charge in [0, 0.05) is 0 Å². The molecule has 1 unspecified atom stereocenters. The molecule has 1 nitrogen and oxygen atoms in total. The van der Waals surface area contributed by atoms with E-state index < -0.39 is 0 Å². The smallest absolute Gasteiger partial charge is 0.0509 e. The van der Waals surface area contributed by atoms with E-state index in [2.05, 4.69) is 0 Å². The Morgan fingerprint density at radius 3 is 1.38 bits per heavy atom. The Kier molecular flexibility index (Phi) is 48.5. The minimum absolute atomic E-state index is 0. The largest absolute Gasteiger partial charge is 0.393 e. The summed E-state index contributed by atoms with van der Waals surface area (Å²) in [4.78, 5) is 0. The van der Waals surface area contributed by atoms with E-state index in [0.29, 0.717) is 0 Å². The summed E-state index contributed by atoms with van der Waals surface area (Å²) in [7, 11) is 0. The Balaban J connectivity index is -0.0000000267. The van der Waals surface area contributed by atoms with Gasteiger partial charge in [-0.05, 0) is 13.3 Å². The van der Waals surface area contributed by atoms with Gasteiger partial charge < -0.3 is 5.11 Å². The Labute approximate surface area is 54.7 Å². The van der Waals surface area contributed by atoms with E-state index in [9.17, 15) is 0 Å². The number of hydrogen-bond donors (Lipinski definition) is 1. The van der Waals surface area contributed by atoms with Gasteiger partial charge in [0.25, 0.3) is 0 Å². The SMILES string of the molecule is C.C.C.CCC(C)O. The van der Waals surface area contributed by atoms with Crippen molar-refractivity contribution in [3.8, 4) is 0 Å². The summed E-state index contributed by atoms with van der Waals surface area (Å²) >= 11 is 0. The van der Waals surface area contributed by atoms with Crippen molar-refractivity contribution in [3.63, 3.8) is 0 Å². The van der Waals surface area contributed by atoms with E-state index in [0.717, 1.165) is 6.42 Å². The second-order valence-electron chi connectivity index (χ2n) is 1.26. The van der Waals surface area contributed by atoms with Crippen LogP contribution in [0.3, 0.4) is 0 Å². The van der Waals surface area contributed by atoms with Gasteiger partial charge in [-0.2, -0.15) is 0 Å². The number of aliphatic hydroxyl groups excluding tert-OH is 1. The van der Waals surface area contributed by atoms with Crippen molar-refractivity contribution in [2.24, 2.45) is 0 Å². The average molecular weight is 122 g/mol. The van der Waals surface area contributed by atoms with Crippen LogP contribution in [0.15, 0.2) is 0 Å². The van der Waals surface area contributed by atoms with Gasteiger partial charge >= 0.3 is 0 Å². The maximum atomic E-state index is 8.36. The lowest BCUT2D eigenvalue weighted by Crippen LogP contribution is -1.93. The quantitative estimate of drug-likeness (QED) is 0.567. The summed E-state index contributed by atoms with van der Waals surface area (Å²) in [5.41, 5.74) is 0. The van der Waals surface area contributed by atoms with Crippen molar-refractivity contribution < 1.29 is 5.11 Å². The summed E-state index contributed by atoms with van der Waals surface area (Å²) in [5.74, 6) is 0. The first-order chi connectivity index (χ1) is 2.27. The first-order valence-corrected chi connectivity index (χ1v) is 1.95. The molecule has 0 aromatic carbocycles. The predicted molar refractivity (Wildman–Crippen MR) is 42.2 cm³/mol. The van der Waals surface area contributed by atoms with Gasteiger partial charge in [0.05, 0.1) is 6.10 Å². The van der Waals surface area contributed by atoms with Crippen LogP contribution in [0.5, 0.6) is 0 Å². The van der Waals surface area contributed by atoms with E-state index in [1.165, 1.54) is 0 Å². The molecule has 0 aliphatic rings. The average Bonchev–Trinajstić information content (AvgIpc) is 1.38. The highest BCUT2D eigenvalue weighted by Crippen LogP contribution is 1.81. The molecule has 0 heterocycles. The lowest BCUT2D eigenvalue weighted by Gasteiger charge is -1.90. The Bertz CT molecular complexity index is 18.3. The van der Waals surface area contributed by atoms with Crippen molar-refractivity contribution in [3.05, 3.63) is 0 Å². The molecule has 0 radical (unpaired) electrons. The molecule has 0 aliphatic carbocycles. The molecule has 0 fully saturated rings. The van der Waals surface area contributed by atoms with Gasteiger partial charge in [-0.1, -0.05) is 29.2 Å². The number of aliphatic hydroxyl groups is 1. The van der Waals surface area contributed by atoms with Crippen LogP contribution in [-0.2, 0) is 0 Å². The third-order valence-electron chi connectivity index (χ3n) is 0.591. The van der Waals surface area contributed by atoms with Crippen LogP contribution < -0.4 is 0 Å². The van der Waals surface area contributed by atoms with Crippen molar-refractivity contribution >= 4 is 0 Å². The standard InChI is InChI=1S/C4H10O.3CH4/c1-3-4(2)5;;;/h4-5H,3H2,1-2H3;3*1H4. The second kappa shape index (κ2) is 15.8. The molecular formula is C7H22O. The summed E-state index contributed by atoms with van der Waals surface area (Å²) in [6.45, 7) is 3.73. The molecule has 0 saturated carbocycles. The lowest BCUT2D eigenvalue weighted by atomic mass is 10.3. The molecule has 56 valence electrons. The number of rotatable bonds is 1. The van der Waals surface area contributed by atoms with Crippen LogP contribution in [0.4, 0.5) is 0 Å². The first-order valence-electron chi connectivity index (χ1n) is 1.95. The minimum atomic E-state index is -0.116. The fourth-order valence-electron chi connectivity index (χ4n) is 0. The third-order valence-corrected chi connectivity index (χ3v) is 0.591. The van der Waals surface area contributed by atoms with Gasteiger partial charge in [-0.15, -0.1) is 0 Å². The molecule has 1 heteroatoms. The number of hydrogen-bond acceptors (Lipinski definition) is 1. The van der Waals surface area contributed by atoms with Crippen LogP contribution in [0, 0.1) is 0 Å². The zero-order valence-corrected chi connectivity index (χ0v) is 3.73. The van der Waals surface area contributed by atoms with Gasteiger partial charge in [-0.3, -0.25) is 0 Å². The highest BCUT2D eigenvalue weighted by molar-refractivity contribution is 4.34. The molecule has 0 bridgehead atoms. The Morgan fingerprint density at radius 1 is 1.25 bits per heavy atom. The summed E-state index contributed by atoms with van der Waals surface area (Å²) in [6, 6.07) is 0. The lowest BCUT2D eigenvalue weighted by molar-refractivity contribution is 0.191. The fourth-order valence-corrected chi connectivity index (χ4v) is 0. The molecule has 0 saturated heterocycles. The normalized spacial score (nSPS) is 9.38. The van der Waals surface area contributed by atoms with E-state index in [1.807, 2.05) is 6.92 Å². The predicted octanol–water partition coefficient (Wildman–Crippen LogP) is 2.69. The maximum absolute atomic E-state index is 8.36. The van der Waals surface area contributed by atoms with Crippen molar-refractivity contribution in [2.45, 2.75) is 48.7 Å². The highest BCUT2D eigenvalue weighted by Gasteiger charge is 1.81. The zero-order valence-electron chi connectivity index (χ0n) is 3.73. The molecule has 0 rings (SSSR count). The second-order valence-corrected chi connectivity index (χ2v) is 1.26. The molecule has 0 spiro atoms. The van der Waals surface area contributed by atoms with Crippen LogP contribution in [0.1, 0.15) is 42.5 Å². The Morgan fingerprint density at radius 2 is 1.38 bits per heavy atom. The summed E-state index contributed by atoms with van der Waals surface area (Å²) < 4.78 is 0. The van der Waals surface area contributed by atoms with Gasteiger partial charge in [-0.25, -0.2) is 0 Å². The third kappa shape index (κ3) is 38.2. The molecule has 0 aromatic rings.